The standard InChI is InChI=1S/C59H96O5/c1-4-7-10-13-16-19-22-25-27-29-30-31-32-35-37-40-43-46-49-52-58(60)63-56-57(64-59(61)53-50-47-44-41-38-34-24-21-18-15-12-9-6-3)55-62-54-51-48-45-42-39-36-33-28-26-23-20-17-14-11-8-5-2/h7,9-10,12,16-21,25-28,30-31,34,38,44,47,57H,4-6,8,11,13-15,22-24,29,32-33,35-37,39-43,45-46,48-56H2,1-3H3/b10-7-,12-9-,19-16-,20-17-,21-18-,27-25-,28-26-,31-30-,38-34-,47-44-. The molecule has 0 rings (SSSR count). The van der Waals surface area contributed by atoms with Crippen molar-refractivity contribution in [1.82, 2.24) is 0 Å². The van der Waals surface area contributed by atoms with Gasteiger partial charge in [0.15, 0.2) is 6.10 Å². The van der Waals surface area contributed by atoms with E-state index in [9.17, 15) is 9.59 Å². The van der Waals surface area contributed by atoms with Gasteiger partial charge in [0.1, 0.15) is 6.61 Å². The Kier molecular flexibility index (Phi) is 50.5. The molecule has 1 unspecified atom stereocenters. The van der Waals surface area contributed by atoms with Crippen LogP contribution in [0.25, 0.3) is 0 Å². The van der Waals surface area contributed by atoms with Crippen molar-refractivity contribution in [3.05, 3.63) is 122 Å². The minimum Gasteiger partial charge on any atom is -0.462 e. The second-order valence-electron chi connectivity index (χ2n) is 16.7. The highest BCUT2D eigenvalue weighted by Crippen LogP contribution is 2.12. The summed E-state index contributed by atoms with van der Waals surface area (Å²) in [6.45, 7) is 7.44. The van der Waals surface area contributed by atoms with Gasteiger partial charge in [-0.05, 0) is 116 Å². The molecule has 0 amide bonds. The molecule has 0 aliphatic rings. The Morgan fingerprint density at radius 1 is 0.359 bits per heavy atom. The van der Waals surface area contributed by atoms with E-state index in [1.807, 2.05) is 6.08 Å². The second-order valence-corrected chi connectivity index (χ2v) is 16.7. The SMILES string of the molecule is CC/C=C\C/C=C\C/C=C\C/C=C\CCCCCCCCC(=O)OCC(COCCCCCCCC/C=C\C/C=C\CCCCC)OC(=O)CC/C=C\C/C=C\C/C=C\C/C=C\CC. The summed E-state index contributed by atoms with van der Waals surface area (Å²) in [5.41, 5.74) is 0. The van der Waals surface area contributed by atoms with Crippen LogP contribution in [0.2, 0.25) is 0 Å². The number of rotatable bonds is 46. The third-order valence-corrected chi connectivity index (χ3v) is 10.5. The van der Waals surface area contributed by atoms with Gasteiger partial charge in [-0.1, -0.05) is 206 Å². The van der Waals surface area contributed by atoms with E-state index in [0.29, 0.717) is 19.4 Å². The van der Waals surface area contributed by atoms with Crippen molar-refractivity contribution in [2.75, 3.05) is 19.8 Å². The number of hydrogen-bond acceptors (Lipinski definition) is 5. The first kappa shape index (κ1) is 60.3. The molecule has 0 spiro atoms. The fourth-order valence-corrected chi connectivity index (χ4v) is 6.66. The monoisotopic (exact) mass is 885 g/mol. The molecule has 1 atom stereocenters. The highest BCUT2D eigenvalue weighted by Gasteiger charge is 2.17. The lowest BCUT2D eigenvalue weighted by Gasteiger charge is -2.18. The molecule has 0 aromatic carbocycles. The number of hydrogen-bond donors (Lipinski definition) is 0. The minimum absolute atomic E-state index is 0.0372. The van der Waals surface area contributed by atoms with Crippen molar-refractivity contribution < 1.29 is 23.8 Å². The van der Waals surface area contributed by atoms with Gasteiger partial charge in [0.05, 0.1) is 6.61 Å². The van der Waals surface area contributed by atoms with Gasteiger partial charge in [0, 0.05) is 19.4 Å². The summed E-state index contributed by atoms with van der Waals surface area (Å²) in [7, 11) is 0. The fraction of sp³-hybridized carbons (Fsp3) is 0.627. The van der Waals surface area contributed by atoms with Crippen molar-refractivity contribution in [3.8, 4) is 0 Å². The predicted molar refractivity (Wildman–Crippen MR) is 279 cm³/mol. The molecule has 0 heterocycles. The first-order valence-electron chi connectivity index (χ1n) is 26.1. The molecule has 5 nitrogen and oxygen atoms in total. The smallest absolute Gasteiger partial charge is 0.306 e. The quantitative estimate of drug-likeness (QED) is 0.0346. The van der Waals surface area contributed by atoms with E-state index in [0.717, 1.165) is 103 Å². The van der Waals surface area contributed by atoms with E-state index in [2.05, 4.69) is 136 Å². The molecule has 64 heavy (non-hydrogen) atoms. The van der Waals surface area contributed by atoms with E-state index in [1.165, 1.54) is 70.6 Å². The molecule has 0 aromatic heterocycles. The maximum Gasteiger partial charge on any atom is 0.306 e. The molecule has 0 bridgehead atoms. The summed E-state index contributed by atoms with van der Waals surface area (Å²) in [4.78, 5) is 25.4. The topological polar surface area (TPSA) is 61.8 Å². The van der Waals surface area contributed by atoms with E-state index in [1.54, 1.807) is 0 Å². The largest absolute Gasteiger partial charge is 0.462 e. The molecule has 0 aliphatic heterocycles. The van der Waals surface area contributed by atoms with Crippen molar-refractivity contribution in [1.29, 1.82) is 0 Å². The van der Waals surface area contributed by atoms with Crippen LogP contribution in [-0.4, -0.2) is 37.9 Å². The second kappa shape index (κ2) is 53.6. The van der Waals surface area contributed by atoms with E-state index in [4.69, 9.17) is 14.2 Å². The van der Waals surface area contributed by atoms with Crippen LogP contribution in [0.5, 0.6) is 0 Å². The zero-order valence-corrected chi connectivity index (χ0v) is 41.5. The molecule has 0 fully saturated rings. The third-order valence-electron chi connectivity index (χ3n) is 10.5. The number of ether oxygens (including phenoxy) is 3. The maximum absolute atomic E-state index is 12.8. The molecule has 362 valence electrons. The fourth-order valence-electron chi connectivity index (χ4n) is 6.66. The summed E-state index contributed by atoms with van der Waals surface area (Å²) in [5.74, 6) is -0.520. The molecule has 5 heteroatoms. The van der Waals surface area contributed by atoms with Gasteiger partial charge in [-0.15, -0.1) is 0 Å². The zero-order valence-electron chi connectivity index (χ0n) is 41.5. The van der Waals surface area contributed by atoms with Gasteiger partial charge in [-0.25, -0.2) is 0 Å². The normalized spacial score (nSPS) is 13.2. The Morgan fingerprint density at radius 2 is 0.734 bits per heavy atom. The van der Waals surface area contributed by atoms with Gasteiger partial charge >= 0.3 is 11.9 Å². The van der Waals surface area contributed by atoms with Crippen LogP contribution in [-0.2, 0) is 23.8 Å². The van der Waals surface area contributed by atoms with Crippen LogP contribution in [0.3, 0.4) is 0 Å². The third kappa shape index (κ3) is 50.9. The van der Waals surface area contributed by atoms with Gasteiger partial charge in [-0.3, -0.25) is 9.59 Å². The van der Waals surface area contributed by atoms with Crippen molar-refractivity contribution in [3.63, 3.8) is 0 Å². The average molecular weight is 885 g/mol. The minimum atomic E-state index is -0.594. The number of carbonyl (C=O) groups is 2. The molecule has 0 saturated carbocycles. The summed E-state index contributed by atoms with van der Waals surface area (Å²) in [5, 5.41) is 0. The van der Waals surface area contributed by atoms with E-state index >= 15 is 0 Å². The molecule has 0 saturated heterocycles. The molecule has 0 aromatic rings. The Bertz CT molecular complexity index is 1320. The molecule has 0 radical (unpaired) electrons. The van der Waals surface area contributed by atoms with Crippen LogP contribution < -0.4 is 0 Å². The first-order chi connectivity index (χ1) is 31.6. The van der Waals surface area contributed by atoms with Crippen molar-refractivity contribution >= 4 is 11.9 Å². The number of esters is 2. The Balaban J connectivity index is 4.40. The van der Waals surface area contributed by atoms with Crippen molar-refractivity contribution in [2.24, 2.45) is 0 Å². The van der Waals surface area contributed by atoms with E-state index < -0.39 is 6.10 Å². The van der Waals surface area contributed by atoms with Crippen molar-refractivity contribution in [2.45, 2.75) is 219 Å². The maximum atomic E-state index is 12.8. The number of carbonyl (C=O) groups excluding carboxylic acids is 2. The van der Waals surface area contributed by atoms with E-state index in [-0.39, 0.29) is 31.6 Å². The van der Waals surface area contributed by atoms with Gasteiger partial charge in [0.25, 0.3) is 0 Å². The molecular formula is C59H96O5. The van der Waals surface area contributed by atoms with Crippen LogP contribution in [0, 0.1) is 0 Å². The average Bonchev–Trinajstić information content (AvgIpc) is 3.30. The lowest BCUT2D eigenvalue weighted by atomic mass is 10.1. The van der Waals surface area contributed by atoms with Gasteiger partial charge in [0.2, 0.25) is 0 Å². The number of unbranched alkanes of at least 4 members (excludes halogenated alkanes) is 15. The highest BCUT2D eigenvalue weighted by molar-refractivity contribution is 5.70. The van der Waals surface area contributed by atoms with Crippen LogP contribution >= 0.6 is 0 Å². The Hall–Kier alpha value is -3.70. The summed E-state index contributed by atoms with van der Waals surface area (Å²) < 4.78 is 17.3. The predicted octanol–water partition coefficient (Wildman–Crippen LogP) is 17.8. The van der Waals surface area contributed by atoms with Crippen LogP contribution in [0.15, 0.2) is 122 Å². The molecular weight excluding hydrogens is 789 g/mol. The lowest BCUT2D eigenvalue weighted by molar-refractivity contribution is -0.162. The Morgan fingerprint density at radius 3 is 1.19 bits per heavy atom. The summed E-state index contributed by atoms with van der Waals surface area (Å²) in [6.07, 6.45) is 75.1. The lowest BCUT2D eigenvalue weighted by Crippen LogP contribution is -2.30. The zero-order chi connectivity index (χ0) is 46.3. The Labute approximate surface area is 395 Å². The first-order valence-corrected chi connectivity index (χ1v) is 26.1. The van der Waals surface area contributed by atoms with Crippen LogP contribution in [0.1, 0.15) is 213 Å². The summed E-state index contributed by atoms with van der Waals surface area (Å²) >= 11 is 0. The highest BCUT2D eigenvalue weighted by atomic mass is 16.6. The van der Waals surface area contributed by atoms with Gasteiger partial charge in [-0.2, -0.15) is 0 Å². The van der Waals surface area contributed by atoms with Crippen LogP contribution in [0.4, 0.5) is 0 Å². The summed E-state index contributed by atoms with van der Waals surface area (Å²) in [6, 6.07) is 0. The molecule has 0 aliphatic carbocycles. The van der Waals surface area contributed by atoms with Gasteiger partial charge < -0.3 is 14.2 Å². The number of allylic oxidation sites excluding steroid dienone is 20. The molecule has 0 N–H and O–H groups in total.